The summed E-state index contributed by atoms with van der Waals surface area (Å²) in [5.41, 5.74) is 2.59. The third kappa shape index (κ3) is 4.43. The molecule has 0 amide bonds. The second-order valence-corrected chi connectivity index (χ2v) is 5.85. The Kier molecular flexibility index (Phi) is 6.00. The summed E-state index contributed by atoms with van der Waals surface area (Å²) in [7, 11) is 1.70. The van der Waals surface area contributed by atoms with E-state index in [4.69, 9.17) is 4.74 Å². The van der Waals surface area contributed by atoms with Gasteiger partial charge in [-0.2, -0.15) is 0 Å². The van der Waals surface area contributed by atoms with E-state index in [-0.39, 0.29) is 0 Å². The Balaban J connectivity index is 2.13. The van der Waals surface area contributed by atoms with Crippen molar-refractivity contribution in [3.8, 4) is 5.75 Å². The molecule has 0 unspecified atom stereocenters. The molecule has 21 heavy (non-hydrogen) atoms. The zero-order chi connectivity index (χ0) is 15.1. The minimum absolute atomic E-state index is 0.902. The van der Waals surface area contributed by atoms with Gasteiger partial charge in [0, 0.05) is 23.7 Å². The fourth-order valence-corrected chi connectivity index (χ4v) is 2.72. The summed E-state index contributed by atoms with van der Waals surface area (Å²) in [5.74, 6) is 0.902. The Morgan fingerprint density at radius 2 is 1.67 bits per heavy atom. The van der Waals surface area contributed by atoms with E-state index in [0.29, 0.717) is 0 Å². The predicted molar refractivity (Wildman–Crippen MR) is 92.6 cm³/mol. The minimum atomic E-state index is 0.902. The monoisotopic (exact) mass is 301 g/mol. The molecule has 2 aromatic rings. The summed E-state index contributed by atoms with van der Waals surface area (Å²) in [6, 6.07) is 17.1. The van der Waals surface area contributed by atoms with Crippen molar-refractivity contribution in [3.05, 3.63) is 54.1 Å². The SMILES string of the molecule is CCCN(Cc1ccc(SC)cc1)c1ccc(OC)cc1. The fourth-order valence-electron chi connectivity index (χ4n) is 2.31. The fraction of sp³-hybridized carbons (Fsp3) is 0.333. The van der Waals surface area contributed by atoms with Crippen LogP contribution in [0.25, 0.3) is 0 Å². The van der Waals surface area contributed by atoms with Crippen LogP contribution in [0.5, 0.6) is 5.75 Å². The van der Waals surface area contributed by atoms with E-state index in [1.165, 1.54) is 16.1 Å². The largest absolute Gasteiger partial charge is 0.497 e. The van der Waals surface area contributed by atoms with Crippen molar-refractivity contribution in [1.82, 2.24) is 0 Å². The second kappa shape index (κ2) is 7.99. The Morgan fingerprint density at radius 3 is 2.19 bits per heavy atom. The first-order valence-electron chi connectivity index (χ1n) is 7.28. The number of anilines is 1. The molecular weight excluding hydrogens is 278 g/mol. The van der Waals surface area contributed by atoms with Gasteiger partial charge in [0.1, 0.15) is 5.75 Å². The molecule has 0 aliphatic rings. The van der Waals surface area contributed by atoms with Gasteiger partial charge in [0.25, 0.3) is 0 Å². The summed E-state index contributed by atoms with van der Waals surface area (Å²) in [5, 5.41) is 0. The maximum absolute atomic E-state index is 5.23. The molecule has 2 aromatic carbocycles. The molecule has 0 saturated carbocycles. The van der Waals surface area contributed by atoms with E-state index in [1.807, 2.05) is 12.1 Å². The highest BCUT2D eigenvalue weighted by atomic mass is 32.2. The molecule has 112 valence electrons. The third-order valence-electron chi connectivity index (χ3n) is 3.46. The van der Waals surface area contributed by atoms with E-state index in [0.717, 1.165) is 25.3 Å². The van der Waals surface area contributed by atoms with Gasteiger partial charge in [0.2, 0.25) is 0 Å². The average molecular weight is 301 g/mol. The van der Waals surface area contributed by atoms with Crippen LogP contribution in [0.3, 0.4) is 0 Å². The van der Waals surface area contributed by atoms with Gasteiger partial charge in [-0.15, -0.1) is 11.8 Å². The van der Waals surface area contributed by atoms with Crippen molar-refractivity contribution >= 4 is 17.4 Å². The molecule has 0 heterocycles. The summed E-state index contributed by atoms with van der Waals surface area (Å²) in [6.45, 7) is 4.21. The molecular formula is C18H23NOS. The number of methoxy groups -OCH3 is 1. The van der Waals surface area contributed by atoms with Crippen LogP contribution in [-0.2, 0) is 6.54 Å². The molecule has 0 aromatic heterocycles. The lowest BCUT2D eigenvalue weighted by atomic mass is 10.2. The molecule has 0 saturated heterocycles. The lowest BCUT2D eigenvalue weighted by Gasteiger charge is -2.24. The molecule has 2 nitrogen and oxygen atoms in total. The highest BCUT2D eigenvalue weighted by molar-refractivity contribution is 7.98. The number of rotatable bonds is 7. The number of hydrogen-bond donors (Lipinski definition) is 0. The van der Waals surface area contributed by atoms with Gasteiger partial charge in [-0.25, -0.2) is 0 Å². The smallest absolute Gasteiger partial charge is 0.119 e. The second-order valence-electron chi connectivity index (χ2n) is 4.97. The van der Waals surface area contributed by atoms with Gasteiger partial charge in [0.15, 0.2) is 0 Å². The summed E-state index contributed by atoms with van der Waals surface area (Å²) < 4.78 is 5.23. The van der Waals surface area contributed by atoms with Crippen LogP contribution in [0.2, 0.25) is 0 Å². The van der Waals surface area contributed by atoms with Gasteiger partial charge in [-0.3, -0.25) is 0 Å². The van der Waals surface area contributed by atoms with E-state index in [1.54, 1.807) is 18.9 Å². The van der Waals surface area contributed by atoms with Crippen molar-refractivity contribution < 1.29 is 4.74 Å². The number of nitrogens with zero attached hydrogens (tertiary/aromatic N) is 1. The van der Waals surface area contributed by atoms with Gasteiger partial charge < -0.3 is 9.64 Å². The first-order chi connectivity index (χ1) is 10.3. The van der Waals surface area contributed by atoms with Crippen LogP contribution >= 0.6 is 11.8 Å². The number of benzene rings is 2. The van der Waals surface area contributed by atoms with Crippen molar-refractivity contribution in [3.63, 3.8) is 0 Å². The summed E-state index contributed by atoms with van der Waals surface area (Å²) in [6.07, 6.45) is 3.24. The average Bonchev–Trinajstić information content (AvgIpc) is 2.55. The molecule has 0 N–H and O–H groups in total. The zero-order valence-corrected chi connectivity index (χ0v) is 13.8. The van der Waals surface area contributed by atoms with Crippen LogP contribution in [0, 0.1) is 0 Å². The van der Waals surface area contributed by atoms with Crippen LogP contribution in [0.4, 0.5) is 5.69 Å². The molecule has 0 fully saturated rings. The number of hydrogen-bond acceptors (Lipinski definition) is 3. The molecule has 3 heteroatoms. The van der Waals surface area contributed by atoms with Crippen LogP contribution in [-0.4, -0.2) is 19.9 Å². The minimum Gasteiger partial charge on any atom is -0.497 e. The zero-order valence-electron chi connectivity index (χ0n) is 13.0. The van der Waals surface area contributed by atoms with E-state index >= 15 is 0 Å². The van der Waals surface area contributed by atoms with Gasteiger partial charge >= 0.3 is 0 Å². The van der Waals surface area contributed by atoms with Gasteiger partial charge in [0.05, 0.1) is 7.11 Å². The van der Waals surface area contributed by atoms with Gasteiger partial charge in [-0.1, -0.05) is 19.1 Å². The van der Waals surface area contributed by atoms with Crippen LogP contribution in [0.1, 0.15) is 18.9 Å². The highest BCUT2D eigenvalue weighted by Gasteiger charge is 2.07. The van der Waals surface area contributed by atoms with Crippen LogP contribution < -0.4 is 9.64 Å². The number of thioether (sulfide) groups is 1. The maximum Gasteiger partial charge on any atom is 0.119 e. The normalized spacial score (nSPS) is 10.4. The van der Waals surface area contributed by atoms with Crippen molar-refractivity contribution in [1.29, 1.82) is 0 Å². The Bertz CT molecular complexity index is 536. The van der Waals surface area contributed by atoms with Gasteiger partial charge in [-0.05, 0) is 54.6 Å². The van der Waals surface area contributed by atoms with Crippen molar-refractivity contribution in [2.45, 2.75) is 24.8 Å². The quantitative estimate of drug-likeness (QED) is 0.679. The van der Waals surface area contributed by atoms with Crippen molar-refractivity contribution in [2.75, 3.05) is 24.8 Å². The molecule has 0 spiro atoms. The topological polar surface area (TPSA) is 12.5 Å². The molecule has 0 radical (unpaired) electrons. The Labute approximate surface area is 132 Å². The van der Waals surface area contributed by atoms with E-state index in [9.17, 15) is 0 Å². The lowest BCUT2D eigenvalue weighted by Crippen LogP contribution is -2.23. The maximum atomic E-state index is 5.23. The summed E-state index contributed by atoms with van der Waals surface area (Å²) >= 11 is 1.78. The van der Waals surface area contributed by atoms with E-state index < -0.39 is 0 Å². The molecule has 0 bridgehead atoms. The third-order valence-corrected chi connectivity index (χ3v) is 4.21. The predicted octanol–water partition coefficient (Wildman–Crippen LogP) is 4.83. The first-order valence-corrected chi connectivity index (χ1v) is 8.51. The first kappa shape index (κ1) is 15.8. The molecule has 2 rings (SSSR count). The standard InChI is InChI=1S/C18H23NOS/c1-4-13-19(16-7-9-17(20-2)10-8-16)14-15-5-11-18(21-3)12-6-15/h5-12H,4,13-14H2,1-3H3. The van der Waals surface area contributed by atoms with Crippen molar-refractivity contribution in [2.24, 2.45) is 0 Å². The molecule has 0 atom stereocenters. The number of ether oxygens (including phenoxy) is 1. The summed E-state index contributed by atoms with van der Waals surface area (Å²) in [4.78, 5) is 3.72. The van der Waals surface area contributed by atoms with Crippen LogP contribution in [0.15, 0.2) is 53.4 Å². The lowest BCUT2D eigenvalue weighted by molar-refractivity contribution is 0.415. The Hall–Kier alpha value is -1.61. The van der Waals surface area contributed by atoms with E-state index in [2.05, 4.69) is 54.5 Å². The molecule has 0 aliphatic heterocycles. The molecule has 0 aliphatic carbocycles. The highest BCUT2D eigenvalue weighted by Crippen LogP contribution is 2.22. The Morgan fingerprint density at radius 1 is 1.00 bits per heavy atom.